The molecule has 0 atom stereocenters. The number of furan rings is 1. The number of carbonyl (C=O) groups is 1. The Labute approximate surface area is 130 Å². The Morgan fingerprint density at radius 2 is 1.91 bits per heavy atom. The zero-order valence-corrected chi connectivity index (χ0v) is 12.0. The number of hydrogen-bond donors (Lipinski definition) is 0. The molecule has 0 spiro atoms. The van der Waals surface area contributed by atoms with Gasteiger partial charge in [0.05, 0.1) is 30.9 Å². The molecular formula is C16H13F3N2O2. The molecule has 23 heavy (non-hydrogen) atoms. The minimum absolute atomic E-state index is 0.118. The molecule has 1 aromatic heterocycles. The van der Waals surface area contributed by atoms with Crippen molar-refractivity contribution in [3.63, 3.8) is 0 Å². The molecule has 0 fully saturated rings. The number of nitriles is 1. The molecule has 4 nitrogen and oxygen atoms in total. The monoisotopic (exact) mass is 322 g/mol. The Balaban J connectivity index is 2.17. The van der Waals surface area contributed by atoms with Crippen molar-refractivity contribution in [3.05, 3.63) is 59.5 Å². The average molecular weight is 322 g/mol. The molecule has 0 saturated heterocycles. The molecule has 0 N–H and O–H groups in total. The summed E-state index contributed by atoms with van der Waals surface area (Å²) in [5, 5.41) is 8.68. The van der Waals surface area contributed by atoms with Crippen molar-refractivity contribution in [2.75, 3.05) is 6.54 Å². The van der Waals surface area contributed by atoms with Gasteiger partial charge in [0.2, 0.25) is 0 Å². The van der Waals surface area contributed by atoms with E-state index in [1.54, 1.807) is 12.1 Å². The molecule has 120 valence electrons. The van der Waals surface area contributed by atoms with Crippen molar-refractivity contribution in [2.24, 2.45) is 0 Å². The van der Waals surface area contributed by atoms with Crippen LogP contribution < -0.4 is 0 Å². The first kappa shape index (κ1) is 16.6. The zero-order chi connectivity index (χ0) is 16.9. The van der Waals surface area contributed by atoms with E-state index in [1.807, 2.05) is 6.07 Å². The van der Waals surface area contributed by atoms with E-state index in [4.69, 9.17) is 9.68 Å². The van der Waals surface area contributed by atoms with Gasteiger partial charge in [-0.2, -0.15) is 18.4 Å². The number of alkyl halides is 3. The number of halogens is 3. The Morgan fingerprint density at radius 1 is 1.22 bits per heavy atom. The van der Waals surface area contributed by atoms with Gasteiger partial charge in [-0.25, -0.2) is 0 Å². The molecule has 0 radical (unpaired) electrons. The van der Waals surface area contributed by atoms with Crippen molar-refractivity contribution >= 4 is 5.91 Å². The van der Waals surface area contributed by atoms with E-state index in [1.165, 1.54) is 11.2 Å². The maximum atomic E-state index is 12.6. The Kier molecular flexibility index (Phi) is 5.06. The fourth-order valence-electron chi connectivity index (χ4n) is 2.01. The Hall–Kier alpha value is -2.75. The molecule has 1 amide bonds. The second-order valence-electron chi connectivity index (χ2n) is 4.79. The predicted octanol–water partition coefficient (Wildman–Crippen LogP) is 3.85. The Morgan fingerprint density at radius 3 is 2.43 bits per heavy atom. The van der Waals surface area contributed by atoms with Gasteiger partial charge in [-0.15, -0.1) is 0 Å². The summed E-state index contributed by atoms with van der Waals surface area (Å²) in [4.78, 5) is 13.8. The average Bonchev–Trinajstić information content (AvgIpc) is 3.03. The van der Waals surface area contributed by atoms with Crippen LogP contribution >= 0.6 is 0 Å². The molecule has 0 bridgehead atoms. The van der Waals surface area contributed by atoms with Crippen molar-refractivity contribution in [1.29, 1.82) is 5.26 Å². The van der Waals surface area contributed by atoms with E-state index in [-0.39, 0.29) is 25.1 Å². The van der Waals surface area contributed by atoms with E-state index in [9.17, 15) is 18.0 Å². The lowest BCUT2D eigenvalue weighted by atomic mass is 10.1. The highest BCUT2D eigenvalue weighted by Gasteiger charge is 2.30. The predicted molar refractivity (Wildman–Crippen MR) is 75.1 cm³/mol. The minimum atomic E-state index is -4.45. The third-order valence-electron chi connectivity index (χ3n) is 3.17. The summed E-state index contributed by atoms with van der Waals surface area (Å²) in [6.45, 7) is 0.311. The fraction of sp³-hybridized carbons (Fsp3) is 0.250. The normalized spacial score (nSPS) is 11.0. The first-order valence-corrected chi connectivity index (χ1v) is 6.77. The number of nitrogens with zero attached hydrogens (tertiary/aromatic N) is 2. The summed E-state index contributed by atoms with van der Waals surface area (Å²) in [6.07, 6.45) is -2.87. The molecule has 0 aliphatic rings. The third-order valence-corrected chi connectivity index (χ3v) is 3.17. The minimum Gasteiger partial charge on any atom is -0.467 e. The summed E-state index contributed by atoms with van der Waals surface area (Å²) < 4.78 is 42.8. The zero-order valence-electron chi connectivity index (χ0n) is 12.0. The van der Waals surface area contributed by atoms with Crippen LogP contribution in [0, 0.1) is 11.3 Å². The molecule has 0 aliphatic carbocycles. The van der Waals surface area contributed by atoms with Crippen LogP contribution in [0.2, 0.25) is 0 Å². The second kappa shape index (κ2) is 7.01. The molecule has 7 heteroatoms. The maximum Gasteiger partial charge on any atom is 0.416 e. The van der Waals surface area contributed by atoms with Crippen LogP contribution in [0.3, 0.4) is 0 Å². The fourth-order valence-corrected chi connectivity index (χ4v) is 2.01. The van der Waals surface area contributed by atoms with Gasteiger partial charge in [0, 0.05) is 12.1 Å². The topological polar surface area (TPSA) is 57.2 Å². The number of rotatable bonds is 5. The van der Waals surface area contributed by atoms with Crippen molar-refractivity contribution < 1.29 is 22.4 Å². The summed E-state index contributed by atoms with van der Waals surface area (Å²) in [5.41, 5.74) is -0.689. The van der Waals surface area contributed by atoms with Crippen LogP contribution in [0.4, 0.5) is 13.2 Å². The van der Waals surface area contributed by atoms with Gasteiger partial charge in [0.1, 0.15) is 5.76 Å². The van der Waals surface area contributed by atoms with Gasteiger partial charge in [0.15, 0.2) is 0 Å². The van der Waals surface area contributed by atoms with Gasteiger partial charge in [0.25, 0.3) is 5.91 Å². The van der Waals surface area contributed by atoms with Gasteiger partial charge >= 0.3 is 6.18 Å². The number of hydrogen-bond acceptors (Lipinski definition) is 3. The van der Waals surface area contributed by atoms with E-state index in [0.29, 0.717) is 5.76 Å². The summed E-state index contributed by atoms with van der Waals surface area (Å²) in [6, 6.07) is 9.28. The van der Waals surface area contributed by atoms with Gasteiger partial charge in [-0.1, -0.05) is 0 Å². The summed E-state index contributed by atoms with van der Waals surface area (Å²) in [7, 11) is 0. The smallest absolute Gasteiger partial charge is 0.416 e. The van der Waals surface area contributed by atoms with Gasteiger partial charge < -0.3 is 9.32 Å². The second-order valence-corrected chi connectivity index (χ2v) is 4.79. The number of carbonyl (C=O) groups excluding carboxylic acids is 1. The van der Waals surface area contributed by atoms with Crippen molar-refractivity contribution in [2.45, 2.75) is 19.1 Å². The molecule has 1 heterocycles. The number of benzene rings is 1. The van der Waals surface area contributed by atoms with Crippen molar-refractivity contribution in [3.8, 4) is 6.07 Å². The van der Waals surface area contributed by atoms with Crippen LogP contribution in [-0.2, 0) is 12.7 Å². The third kappa shape index (κ3) is 4.36. The van der Waals surface area contributed by atoms with Crippen molar-refractivity contribution in [1.82, 2.24) is 4.90 Å². The Bertz CT molecular complexity index is 686. The molecular weight excluding hydrogens is 309 g/mol. The quantitative estimate of drug-likeness (QED) is 0.840. The molecule has 2 aromatic rings. The molecule has 0 aliphatic heterocycles. The highest BCUT2D eigenvalue weighted by atomic mass is 19.4. The van der Waals surface area contributed by atoms with Crippen LogP contribution in [0.25, 0.3) is 0 Å². The number of amides is 1. The summed E-state index contributed by atoms with van der Waals surface area (Å²) >= 11 is 0. The molecule has 0 unspecified atom stereocenters. The van der Waals surface area contributed by atoms with E-state index < -0.39 is 17.6 Å². The first-order valence-electron chi connectivity index (χ1n) is 6.77. The van der Waals surface area contributed by atoms with E-state index >= 15 is 0 Å². The van der Waals surface area contributed by atoms with Gasteiger partial charge in [-0.3, -0.25) is 4.79 Å². The van der Waals surface area contributed by atoms with E-state index in [0.717, 1.165) is 24.3 Å². The first-order chi connectivity index (χ1) is 10.9. The van der Waals surface area contributed by atoms with Crippen LogP contribution in [0.15, 0.2) is 47.1 Å². The maximum absolute atomic E-state index is 12.6. The lowest BCUT2D eigenvalue weighted by Crippen LogP contribution is -2.31. The SMILES string of the molecule is N#CCCN(Cc1ccco1)C(=O)c1ccc(C(F)(F)F)cc1. The molecule has 2 rings (SSSR count). The summed E-state index contributed by atoms with van der Waals surface area (Å²) in [5.74, 6) is 0.0774. The van der Waals surface area contributed by atoms with Crippen LogP contribution in [0.5, 0.6) is 0 Å². The lowest BCUT2D eigenvalue weighted by Gasteiger charge is -2.20. The molecule has 0 saturated carbocycles. The van der Waals surface area contributed by atoms with Gasteiger partial charge in [-0.05, 0) is 36.4 Å². The standard InChI is InChI=1S/C16H13F3N2O2/c17-16(18,19)13-6-4-12(5-7-13)15(22)21(9-2-8-20)11-14-3-1-10-23-14/h1,3-7,10H,2,9,11H2. The van der Waals surface area contributed by atoms with Crippen LogP contribution in [0.1, 0.15) is 28.1 Å². The highest BCUT2D eigenvalue weighted by Crippen LogP contribution is 2.29. The van der Waals surface area contributed by atoms with E-state index in [2.05, 4.69) is 0 Å². The highest BCUT2D eigenvalue weighted by molar-refractivity contribution is 5.94. The largest absolute Gasteiger partial charge is 0.467 e. The van der Waals surface area contributed by atoms with Crippen LogP contribution in [-0.4, -0.2) is 17.4 Å². The molecule has 1 aromatic carbocycles. The lowest BCUT2D eigenvalue weighted by molar-refractivity contribution is -0.137.